The van der Waals surface area contributed by atoms with Crippen LogP contribution in [-0.4, -0.2) is 40.3 Å². The van der Waals surface area contributed by atoms with Crippen molar-refractivity contribution in [3.63, 3.8) is 0 Å². The van der Waals surface area contributed by atoms with E-state index in [9.17, 15) is 19.8 Å². The smallest absolute Gasteiger partial charge is 0.273 e. The van der Waals surface area contributed by atoms with Crippen LogP contribution in [0.1, 0.15) is 81.1 Å². The molecular formula is C32H46N2O5. The topological polar surface area (TPSA) is 108 Å². The van der Waals surface area contributed by atoms with Crippen LogP contribution in [0.3, 0.4) is 0 Å². The van der Waals surface area contributed by atoms with Gasteiger partial charge in [-0.3, -0.25) is 14.6 Å². The molecule has 0 fully saturated rings. The summed E-state index contributed by atoms with van der Waals surface area (Å²) in [7, 11) is 0. The molecule has 3 rings (SSSR count). The molecule has 2 aliphatic rings. The molecule has 0 spiro atoms. The fourth-order valence-corrected chi connectivity index (χ4v) is 4.84. The van der Waals surface area contributed by atoms with E-state index in [1.807, 2.05) is 26.0 Å². The second kappa shape index (κ2) is 14.2. The average molecular weight is 539 g/mol. The first-order valence-electron chi connectivity index (χ1n) is 14.0. The molecule has 2 unspecified atom stereocenters. The third-order valence-corrected chi connectivity index (χ3v) is 7.46. The van der Waals surface area contributed by atoms with Crippen molar-refractivity contribution in [3.05, 3.63) is 53.3 Å². The first-order valence-corrected chi connectivity index (χ1v) is 14.0. The lowest BCUT2D eigenvalue weighted by molar-refractivity contribution is -0.124. The van der Waals surface area contributed by atoms with Gasteiger partial charge in [0.15, 0.2) is 11.5 Å². The minimum Gasteiger partial charge on any atom is -0.508 e. The molecule has 1 heterocycles. The van der Waals surface area contributed by atoms with E-state index in [-0.39, 0.29) is 34.9 Å². The lowest BCUT2D eigenvalue weighted by Gasteiger charge is -2.30. The molecular weight excluding hydrogens is 492 g/mol. The fraction of sp³-hybridized carbons (Fsp3) is 0.531. The predicted octanol–water partition coefficient (Wildman–Crippen LogP) is 7.33. The molecule has 0 bridgehead atoms. The van der Waals surface area contributed by atoms with Crippen LogP contribution in [0.2, 0.25) is 0 Å². The summed E-state index contributed by atoms with van der Waals surface area (Å²) >= 11 is 0. The molecule has 7 heteroatoms. The van der Waals surface area contributed by atoms with Gasteiger partial charge < -0.3 is 20.3 Å². The monoisotopic (exact) mass is 538 g/mol. The van der Waals surface area contributed by atoms with Gasteiger partial charge in [0, 0.05) is 23.2 Å². The first-order chi connectivity index (χ1) is 18.3. The molecule has 214 valence electrons. The van der Waals surface area contributed by atoms with E-state index in [0.717, 1.165) is 36.8 Å². The van der Waals surface area contributed by atoms with E-state index in [1.165, 1.54) is 6.07 Å². The zero-order valence-electron chi connectivity index (χ0n) is 24.8. The molecule has 0 saturated carbocycles. The summed E-state index contributed by atoms with van der Waals surface area (Å²) < 4.78 is 5.48. The van der Waals surface area contributed by atoms with Crippen molar-refractivity contribution in [2.45, 2.75) is 87.2 Å². The summed E-state index contributed by atoms with van der Waals surface area (Å²) in [5.74, 6) is 1.15. The van der Waals surface area contributed by atoms with E-state index >= 15 is 0 Å². The van der Waals surface area contributed by atoms with Gasteiger partial charge >= 0.3 is 0 Å². The number of anilines is 1. The van der Waals surface area contributed by atoms with Gasteiger partial charge in [0.25, 0.3) is 5.91 Å². The van der Waals surface area contributed by atoms with Crippen LogP contribution in [-0.2, 0) is 9.59 Å². The summed E-state index contributed by atoms with van der Waals surface area (Å²) in [6.45, 7) is 16.5. The second-order valence-corrected chi connectivity index (χ2v) is 11.2. The Morgan fingerprint density at radius 3 is 2.36 bits per heavy atom. The van der Waals surface area contributed by atoms with Crippen molar-refractivity contribution in [1.82, 2.24) is 0 Å². The predicted molar refractivity (Wildman–Crippen MR) is 159 cm³/mol. The number of aliphatic hydroxyl groups is 1. The minimum atomic E-state index is -0.363. The maximum Gasteiger partial charge on any atom is 0.273 e. The molecule has 0 saturated heterocycles. The van der Waals surface area contributed by atoms with Crippen LogP contribution in [0, 0.1) is 17.3 Å². The highest BCUT2D eigenvalue weighted by Crippen LogP contribution is 2.33. The van der Waals surface area contributed by atoms with Crippen molar-refractivity contribution in [3.8, 4) is 11.5 Å². The van der Waals surface area contributed by atoms with Crippen molar-refractivity contribution in [1.29, 1.82) is 0 Å². The van der Waals surface area contributed by atoms with Crippen molar-refractivity contribution >= 4 is 23.1 Å². The standard InChI is InChI=1S/C22H26N2O4.C10H20O/c1-4-14-5-7-17(19(25)9-14)15-10-18(23-12-15)22(27)24-16-6-8-21(20(26)11-16)28-13(2)3;1-6-9(8(3)11)10(4,5)7-2/h6-11,13-14,25-26H,4-5,12H2,1-3H3,(H,24,27);9H,6-7H2,1-5H3. The first kappa shape index (κ1) is 31.9. The molecule has 1 aromatic rings. The number of Topliss-reactive ketones (excluding diaryl/α,β-unsaturated/α-hetero) is 1. The summed E-state index contributed by atoms with van der Waals surface area (Å²) in [4.78, 5) is 28.0. The number of phenols is 1. The molecule has 1 aromatic carbocycles. The van der Waals surface area contributed by atoms with Gasteiger partial charge in [-0.15, -0.1) is 0 Å². The summed E-state index contributed by atoms with van der Waals surface area (Å²) in [5.41, 5.74) is 2.51. The van der Waals surface area contributed by atoms with Crippen molar-refractivity contribution in [2.24, 2.45) is 22.2 Å². The number of amides is 1. The summed E-state index contributed by atoms with van der Waals surface area (Å²) in [6, 6.07) is 4.72. The molecule has 3 N–H and O–H groups in total. The molecule has 1 aliphatic carbocycles. The Hall–Kier alpha value is -3.35. The molecule has 1 amide bonds. The van der Waals surface area contributed by atoms with Crippen LogP contribution < -0.4 is 10.1 Å². The van der Waals surface area contributed by atoms with E-state index in [2.05, 4.69) is 44.9 Å². The van der Waals surface area contributed by atoms with E-state index in [1.54, 1.807) is 25.1 Å². The number of hydrogen-bond acceptors (Lipinski definition) is 6. The molecule has 39 heavy (non-hydrogen) atoms. The number of aromatic hydroxyl groups is 1. The lowest BCUT2D eigenvalue weighted by atomic mass is 9.73. The van der Waals surface area contributed by atoms with Crippen molar-refractivity contribution < 1.29 is 24.5 Å². The zero-order valence-corrected chi connectivity index (χ0v) is 24.8. The number of carbonyl (C=O) groups excluding carboxylic acids is 2. The number of hydrogen-bond donors (Lipinski definition) is 3. The maximum absolute atomic E-state index is 12.5. The van der Waals surface area contributed by atoms with Crippen LogP contribution >= 0.6 is 0 Å². The quantitative estimate of drug-likeness (QED) is 0.289. The van der Waals surface area contributed by atoms with Gasteiger partial charge in [-0.2, -0.15) is 0 Å². The number of rotatable bonds is 10. The lowest BCUT2D eigenvalue weighted by Crippen LogP contribution is -2.28. The third-order valence-electron chi connectivity index (χ3n) is 7.46. The number of carbonyl (C=O) groups is 2. The Morgan fingerprint density at radius 1 is 1.18 bits per heavy atom. The Bertz CT molecular complexity index is 1160. The molecule has 1 aliphatic heterocycles. The Balaban J connectivity index is 0.000000411. The number of ketones is 1. The van der Waals surface area contributed by atoms with Gasteiger partial charge in [-0.05, 0) is 81.2 Å². The Morgan fingerprint density at radius 2 is 1.87 bits per heavy atom. The molecule has 2 atom stereocenters. The number of ether oxygens (including phenoxy) is 1. The minimum absolute atomic E-state index is 0.0380. The highest BCUT2D eigenvalue weighted by molar-refractivity contribution is 6.47. The summed E-state index contributed by atoms with van der Waals surface area (Å²) in [5, 5.41) is 23.0. The van der Waals surface area contributed by atoms with Gasteiger partial charge in [0.2, 0.25) is 0 Å². The average Bonchev–Trinajstić information content (AvgIpc) is 3.36. The number of benzene rings is 1. The van der Waals surface area contributed by atoms with Crippen LogP contribution in [0.5, 0.6) is 11.5 Å². The van der Waals surface area contributed by atoms with Gasteiger partial charge in [0.1, 0.15) is 17.3 Å². The maximum atomic E-state index is 12.5. The summed E-state index contributed by atoms with van der Waals surface area (Å²) in [6.07, 6.45) is 9.42. The zero-order chi connectivity index (χ0) is 29.3. The van der Waals surface area contributed by atoms with Crippen molar-refractivity contribution in [2.75, 3.05) is 11.9 Å². The Kier molecular flexibility index (Phi) is 11.6. The molecule has 7 nitrogen and oxygen atoms in total. The normalized spacial score (nSPS) is 17.7. The number of aliphatic hydroxyl groups excluding tert-OH is 1. The van der Waals surface area contributed by atoms with E-state index < -0.39 is 0 Å². The van der Waals surface area contributed by atoms with E-state index in [4.69, 9.17) is 4.74 Å². The fourth-order valence-electron chi connectivity index (χ4n) is 4.84. The van der Waals surface area contributed by atoms with Crippen LogP contribution in [0.4, 0.5) is 5.69 Å². The SMILES string of the molecule is CCC(C(C)=O)C(C)(C)CC.CCC1C=C(O)C(C2=CC(C(=O)Nc3ccc(OC(C)C)c(O)c3)=NC2)=CC1. The molecule has 0 aromatic heterocycles. The van der Waals surface area contributed by atoms with E-state index in [0.29, 0.717) is 35.4 Å². The largest absolute Gasteiger partial charge is 0.508 e. The number of aliphatic imine (C=N–C) groups is 1. The number of phenolic OH excluding ortho intramolecular Hbond substituents is 1. The Labute approximate surface area is 233 Å². The van der Waals surface area contributed by atoms with Gasteiger partial charge in [-0.25, -0.2) is 0 Å². The highest BCUT2D eigenvalue weighted by Gasteiger charge is 2.29. The third kappa shape index (κ3) is 8.84. The second-order valence-electron chi connectivity index (χ2n) is 11.2. The van der Waals surface area contributed by atoms with Gasteiger partial charge in [-0.1, -0.05) is 47.1 Å². The number of nitrogens with zero attached hydrogens (tertiary/aromatic N) is 1. The molecule has 0 radical (unpaired) electrons. The number of allylic oxidation sites excluding steroid dienone is 3. The number of nitrogens with one attached hydrogen (secondary N) is 1. The highest BCUT2D eigenvalue weighted by atomic mass is 16.5. The van der Waals surface area contributed by atoms with Gasteiger partial charge in [0.05, 0.1) is 12.6 Å². The van der Waals surface area contributed by atoms with Crippen LogP contribution in [0.15, 0.2) is 58.3 Å². The van der Waals surface area contributed by atoms with Crippen LogP contribution in [0.25, 0.3) is 0 Å².